The van der Waals surface area contributed by atoms with E-state index in [1.165, 1.54) is 25.5 Å². The highest BCUT2D eigenvalue weighted by Gasteiger charge is 2.33. The number of hydrogen-bond acceptors (Lipinski definition) is 4. The van der Waals surface area contributed by atoms with Gasteiger partial charge in [-0.3, -0.25) is 9.48 Å². The number of aromatic nitrogens is 5. The Morgan fingerprint density at radius 2 is 1.93 bits per heavy atom. The summed E-state index contributed by atoms with van der Waals surface area (Å²) in [5.41, 5.74) is -1.13. The van der Waals surface area contributed by atoms with E-state index in [4.69, 9.17) is 0 Å². The fraction of sp³-hybridized carbons (Fsp3) is 0.333. The summed E-state index contributed by atoms with van der Waals surface area (Å²) in [6, 6.07) is 3.55. The molecule has 1 amide bonds. The van der Waals surface area contributed by atoms with Gasteiger partial charge in [0.15, 0.2) is 11.5 Å². The minimum absolute atomic E-state index is 0.197. The lowest BCUT2D eigenvalue weighted by Crippen LogP contribution is -2.34. The maximum absolute atomic E-state index is 13.0. The van der Waals surface area contributed by atoms with E-state index in [9.17, 15) is 26.7 Å². The smallest absolute Gasteiger partial charge is 0.349 e. The van der Waals surface area contributed by atoms with Gasteiger partial charge in [-0.25, -0.2) is 18.4 Å². The van der Waals surface area contributed by atoms with Gasteiger partial charge in [-0.15, -0.1) is 0 Å². The molecule has 3 aromatic heterocycles. The van der Waals surface area contributed by atoms with Gasteiger partial charge in [0.05, 0.1) is 5.56 Å². The molecule has 0 saturated carbocycles. The van der Waals surface area contributed by atoms with E-state index in [1.807, 2.05) is 0 Å². The maximum atomic E-state index is 13.0. The number of rotatable bonds is 6. The molecule has 0 fully saturated rings. The molecule has 0 aliphatic carbocycles. The summed E-state index contributed by atoms with van der Waals surface area (Å²) in [6.07, 6.45) is -3.27. The van der Waals surface area contributed by atoms with E-state index in [-0.39, 0.29) is 11.4 Å². The van der Waals surface area contributed by atoms with E-state index in [0.717, 1.165) is 21.6 Å². The van der Waals surface area contributed by atoms with Crippen molar-refractivity contribution >= 4 is 5.91 Å². The molecular weight excluding hydrogens is 411 g/mol. The summed E-state index contributed by atoms with van der Waals surface area (Å²) < 4.78 is 66.1. The maximum Gasteiger partial charge on any atom is 0.435 e. The SMILES string of the molecule is CC(Cc1ccc(-n2ccc(C(F)(F)F)n2)nc1)NC(=O)c1cn(C)nc1C(F)F. The fourth-order valence-electron chi connectivity index (χ4n) is 2.82. The van der Waals surface area contributed by atoms with E-state index in [0.29, 0.717) is 12.0 Å². The predicted octanol–water partition coefficient (Wildman–Crippen LogP) is 3.32. The second kappa shape index (κ2) is 8.20. The second-order valence-electron chi connectivity index (χ2n) is 6.65. The average Bonchev–Trinajstić information content (AvgIpc) is 3.29. The first-order valence-electron chi connectivity index (χ1n) is 8.75. The predicted molar refractivity (Wildman–Crippen MR) is 95.2 cm³/mol. The molecule has 0 aliphatic heterocycles. The third kappa shape index (κ3) is 4.81. The van der Waals surface area contributed by atoms with Gasteiger partial charge in [0.25, 0.3) is 12.3 Å². The van der Waals surface area contributed by atoms with Gasteiger partial charge in [0.2, 0.25) is 0 Å². The fourth-order valence-corrected chi connectivity index (χ4v) is 2.82. The molecule has 0 aliphatic rings. The van der Waals surface area contributed by atoms with Crippen LogP contribution in [-0.2, 0) is 19.6 Å². The van der Waals surface area contributed by atoms with Crippen LogP contribution in [0.5, 0.6) is 0 Å². The summed E-state index contributed by atoms with van der Waals surface area (Å²) >= 11 is 0. The molecule has 3 rings (SSSR count). The van der Waals surface area contributed by atoms with Crippen LogP contribution in [0.25, 0.3) is 5.82 Å². The Morgan fingerprint density at radius 1 is 1.20 bits per heavy atom. The summed E-state index contributed by atoms with van der Waals surface area (Å²) in [5.74, 6) is -0.477. The van der Waals surface area contributed by atoms with Crippen molar-refractivity contribution in [3.8, 4) is 5.82 Å². The van der Waals surface area contributed by atoms with Crippen molar-refractivity contribution in [2.24, 2.45) is 7.05 Å². The number of nitrogens with one attached hydrogen (secondary N) is 1. The highest BCUT2D eigenvalue weighted by Crippen LogP contribution is 2.27. The highest BCUT2D eigenvalue weighted by atomic mass is 19.4. The van der Waals surface area contributed by atoms with Crippen LogP contribution in [0.3, 0.4) is 0 Å². The van der Waals surface area contributed by atoms with Gasteiger partial charge >= 0.3 is 6.18 Å². The van der Waals surface area contributed by atoms with Crippen molar-refractivity contribution in [1.82, 2.24) is 29.9 Å². The van der Waals surface area contributed by atoms with Crippen molar-refractivity contribution < 1.29 is 26.7 Å². The van der Waals surface area contributed by atoms with Gasteiger partial charge in [0, 0.05) is 31.7 Å². The molecular formula is C18H17F5N6O. The Morgan fingerprint density at radius 3 is 2.50 bits per heavy atom. The summed E-state index contributed by atoms with van der Waals surface area (Å²) in [6.45, 7) is 1.69. The molecule has 7 nitrogen and oxygen atoms in total. The van der Waals surface area contributed by atoms with Crippen LogP contribution in [0, 0.1) is 0 Å². The first-order valence-corrected chi connectivity index (χ1v) is 8.75. The van der Waals surface area contributed by atoms with Gasteiger partial charge in [0.1, 0.15) is 5.69 Å². The lowest BCUT2D eigenvalue weighted by Gasteiger charge is -2.14. The average molecular weight is 428 g/mol. The molecule has 160 valence electrons. The number of hydrogen-bond donors (Lipinski definition) is 1. The number of pyridine rings is 1. The molecule has 12 heteroatoms. The van der Waals surface area contributed by atoms with Crippen LogP contribution in [-0.4, -0.2) is 36.5 Å². The monoisotopic (exact) mass is 428 g/mol. The third-order valence-corrected chi connectivity index (χ3v) is 4.15. The zero-order valence-corrected chi connectivity index (χ0v) is 15.9. The zero-order chi connectivity index (χ0) is 22.1. The molecule has 1 N–H and O–H groups in total. The number of aryl methyl sites for hydroxylation is 1. The molecule has 1 atom stereocenters. The van der Waals surface area contributed by atoms with E-state index in [2.05, 4.69) is 20.5 Å². The van der Waals surface area contributed by atoms with Crippen LogP contribution in [0.1, 0.15) is 40.7 Å². The number of halogens is 5. The topological polar surface area (TPSA) is 77.6 Å². The largest absolute Gasteiger partial charge is 0.435 e. The van der Waals surface area contributed by atoms with Crippen molar-refractivity contribution in [3.05, 3.63) is 59.3 Å². The van der Waals surface area contributed by atoms with Crippen LogP contribution in [0.15, 0.2) is 36.8 Å². The lowest BCUT2D eigenvalue weighted by atomic mass is 10.1. The Hall–Kier alpha value is -3.31. The number of amides is 1. The highest BCUT2D eigenvalue weighted by molar-refractivity contribution is 5.95. The molecule has 0 spiro atoms. The Bertz CT molecular complexity index is 1020. The number of nitrogens with zero attached hydrogens (tertiary/aromatic N) is 5. The van der Waals surface area contributed by atoms with Crippen LogP contribution in [0.4, 0.5) is 22.0 Å². The minimum atomic E-state index is -4.54. The molecule has 30 heavy (non-hydrogen) atoms. The summed E-state index contributed by atoms with van der Waals surface area (Å²) in [5, 5.41) is 9.66. The zero-order valence-electron chi connectivity index (χ0n) is 15.9. The lowest BCUT2D eigenvalue weighted by molar-refractivity contribution is -0.141. The number of carbonyl (C=O) groups excluding carboxylic acids is 1. The van der Waals surface area contributed by atoms with E-state index >= 15 is 0 Å². The Labute approximate surface area is 167 Å². The normalized spacial score (nSPS) is 12.9. The molecule has 1 unspecified atom stereocenters. The van der Waals surface area contributed by atoms with Gasteiger partial charge in [-0.2, -0.15) is 23.4 Å². The Kier molecular flexibility index (Phi) is 5.85. The van der Waals surface area contributed by atoms with Crippen molar-refractivity contribution in [3.63, 3.8) is 0 Å². The first kappa shape index (κ1) is 21.4. The minimum Gasteiger partial charge on any atom is -0.349 e. The standard InChI is InChI=1S/C18H17F5N6O/c1-10(25-17(30)12-9-28(2)27-15(12)16(19)20)7-11-3-4-14(24-8-11)29-6-5-13(26-29)18(21,22)23/h3-6,8-10,16H,7H2,1-2H3,(H,25,30). The second-order valence-corrected chi connectivity index (χ2v) is 6.65. The number of carbonyl (C=O) groups is 1. The van der Waals surface area contributed by atoms with Crippen LogP contribution in [0.2, 0.25) is 0 Å². The van der Waals surface area contributed by atoms with Crippen molar-refractivity contribution in [1.29, 1.82) is 0 Å². The summed E-state index contributed by atoms with van der Waals surface area (Å²) in [7, 11) is 1.44. The van der Waals surface area contributed by atoms with E-state index < -0.39 is 35.9 Å². The molecule has 0 aromatic carbocycles. The Balaban J connectivity index is 1.64. The molecule has 0 bridgehead atoms. The quantitative estimate of drug-likeness (QED) is 0.611. The number of alkyl halides is 5. The van der Waals surface area contributed by atoms with Crippen molar-refractivity contribution in [2.45, 2.75) is 32.0 Å². The van der Waals surface area contributed by atoms with Gasteiger partial charge < -0.3 is 5.32 Å². The van der Waals surface area contributed by atoms with Crippen LogP contribution >= 0.6 is 0 Å². The summed E-state index contributed by atoms with van der Waals surface area (Å²) in [4.78, 5) is 16.4. The van der Waals surface area contributed by atoms with Gasteiger partial charge in [-0.1, -0.05) is 6.07 Å². The molecule has 3 heterocycles. The molecule has 0 saturated heterocycles. The first-order chi connectivity index (χ1) is 14.0. The van der Waals surface area contributed by atoms with Crippen LogP contribution < -0.4 is 5.32 Å². The third-order valence-electron chi connectivity index (χ3n) is 4.15. The molecule has 0 radical (unpaired) electrons. The van der Waals surface area contributed by atoms with E-state index in [1.54, 1.807) is 13.0 Å². The molecule has 3 aromatic rings. The van der Waals surface area contributed by atoms with Crippen molar-refractivity contribution in [2.75, 3.05) is 0 Å². The van der Waals surface area contributed by atoms with Gasteiger partial charge in [-0.05, 0) is 31.0 Å².